The molecular weight excluding hydrogens is 418 g/mol. The number of nitrogens with one attached hydrogen (secondary N) is 2. The zero-order valence-corrected chi connectivity index (χ0v) is 18.9. The molecule has 4 N–H and O–H groups in total. The molecule has 9 nitrogen and oxygen atoms in total. The highest BCUT2D eigenvalue weighted by molar-refractivity contribution is 6.02. The molecule has 0 aliphatic carbocycles. The van der Waals surface area contributed by atoms with Gasteiger partial charge in [0.2, 0.25) is 0 Å². The molecule has 0 spiro atoms. The number of amides is 2. The fourth-order valence-corrected chi connectivity index (χ4v) is 3.35. The number of nitrogens with two attached hydrogens (primary N) is 1. The highest BCUT2D eigenvalue weighted by Crippen LogP contribution is 2.33. The zero-order valence-electron chi connectivity index (χ0n) is 18.9. The number of rotatable bonds is 4. The highest BCUT2D eigenvalue weighted by atomic mass is 16.5. The van der Waals surface area contributed by atoms with Gasteiger partial charge >= 0.3 is 6.03 Å². The summed E-state index contributed by atoms with van der Waals surface area (Å²) in [6, 6.07) is 8.74. The molecule has 33 heavy (non-hydrogen) atoms. The third kappa shape index (κ3) is 4.65. The Kier molecular flexibility index (Phi) is 5.75. The van der Waals surface area contributed by atoms with E-state index in [1.807, 2.05) is 55.8 Å². The molecule has 1 aromatic carbocycles. The molecule has 0 radical (unpaired) electrons. The van der Waals surface area contributed by atoms with Gasteiger partial charge in [0.05, 0.1) is 11.9 Å². The highest BCUT2D eigenvalue weighted by Gasteiger charge is 2.20. The number of nitrogens with zero attached hydrogens (tertiary/aromatic N) is 4. The Morgan fingerprint density at radius 2 is 1.94 bits per heavy atom. The minimum absolute atomic E-state index is 0.195. The second kappa shape index (κ2) is 8.67. The number of hydrogen-bond donors (Lipinski definition) is 3. The summed E-state index contributed by atoms with van der Waals surface area (Å²) in [5, 5.41) is 10.1. The van der Waals surface area contributed by atoms with Gasteiger partial charge in [-0.15, -0.1) is 5.92 Å². The predicted molar refractivity (Wildman–Crippen MR) is 129 cm³/mol. The Morgan fingerprint density at radius 1 is 1.18 bits per heavy atom. The van der Waals surface area contributed by atoms with Gasteiger partial charge in [0.25, 0.3) is 0 Å². The predicted octanol–water partition coefficient (Wildman–Crippen LogP) is 4.63. The van der Waals surface area contributed by atoms with Crippen LogP contribution in [0.2, 0.25) is 0 Å². The van der Waals surface area contributed by atoms with E-state index < -0.39 is 6.03 Å². The number of carbonyl (C=O) groups is 1. The van der Waals surface area contributed by atoms with Crippen LogP contribution in [0.5, 0.6) is 0 Å². The van der Waals surface area contributed by atoms with E-state index in [9.17, 15) is 4.79 Å². The molecule has 9 heteroatoms. The Balaban J connectivity index is 1.53. The van der Waals surface area contributed by atoms with Crippen molar-refractivity contribution in [3.05, 3.63) is 48.6 Å². The fourth-order valence-electron chi connectivity index (χ4n) is 3.35. The lowest BCUT2D eigenvalue weighted by Crippen LogP contribution is -2.19. The van der Waals surface area contributed by atoms with Gasteiger partial charge in [0, 0.05) is 28.9 Å². The summed E-state index contributed by atoms with van der Waals surface area (Å²) in [4.78, 5) is 20.9. The van der Waals surface area contributed by atoms with E-state index in [0.717, 1.165) is 22.2 Å². The molecule has 0 unspecified atom stereocenters. The smallest absolute Gasteiger partial charge is 0.324 e. The van der Waals surface area contributed by atoms with E-state index in [1.165, 1.54) is 6.33 Å². The molecule has 0 aliphatic heterocycles. The molecule has 0 bridgehead atoms. The molecule has 4 aromatic rings. The van der Waals surface area contributed by atoms with Crippen LogP contribution in [-0.4, -0.2) is 25.7 Å². The molecule has 0 aliphatic rings. The van der Waals surface area contributed by atoms with Crippen LogP contribution in [0.15, 0.2) is 47.4 Å². The van der Waals surface area contributed by atoms with E-state index in [0.29, 0.717) is 29.6 Å². The third-order valence-corrected chi connectivity index (χ3v) is 5.05. The van der Waals surface area contributed by atoms with Crippen molar-refractivity contribution in [3.8, 4) is 23.0 Å². The molecule has 3 aromatic heterocycles. The monoisotopic (exact) mass is 443 g/mol. The number of nitrogen functional groups attached to an aromatic ring is 1. The summed E-state index contributed by atoms with van der Waals surface area (Å²) in [6.07, 6.45) is 3.41. The Bertz CT molecular complexity index is 1370. The SMILES string of the molecule is CC#CCn1cc(-c2ccc(NC(=O)Nc3cc(C(C)(C)C)on3)cc2)c2c(N)ncnc21. The van der Waals surface area contributed by atoms with Gasteiger partial charge in [-0.3, -0.25) is 5.32 Å². The van der Waals surface area contributed by atoms with Crippen molar-refractivity contribution < 1.29 is 9.32 Å². The standard InChI is InChI=1S/C24H25N7O2/c1-5-6-11-31-13-17(20-21(25)26-14-27-22(20)31)15-7-9-16(10-8-15)28-23(32)29-19-12-18(33-30-19)24(2,3)4/h7-10,12-14H,11H2,1-4H3,(H2,25,26,27)(H2,28,29,30,32). The van der Waals surface area contributed by atoms with Crippen molar-refractivity contribution in [2.45, 2.75) is 39.7 Å². The number of hydrogen-bond acceptors (Lipinski definition) is 6. The normalized spacial score (nSPS) is 11.2. The van der Waals surface area contributed by atoms with Crippen LogP contribution in [0.3, 0.4) is 0 Å². The Hall–Kier alpha value is -4.32. The maximum atomic E-state index is 12.4. The summed E-state index contributed by atoms with van der Waals surface area (Å²) >= 11 is 0. The lowest BCUT2D eigenvalue weighted by molar-refractivity contribution is 0.262. The average Bonchev–Trinajstić information content (AvgIpc) is 3.38. The number of carbonyl (C=O) groups excluding carboxylic acids is 1. The Labute approximate surface area is 191 Å². The van der Waals surface area contributed by atoms with Crippen LogP contribution in [0.4, 0.5) is 22.1 Å². The number of fused-ring (bicyclic) bond motifs is 1. The van der Waals surface area contributed by atoms with E-state index >= 15 is 0 Å². The quantitative estimate of drug-likeness (QED) is 0.395. The first-order valence-electron chi connectivity index (χ1n) is 10.4. The molecule has 0 saturated carbocycles. The summed E-state index contributed by atoms with van der Waals surface area (Å²) in [5.41, 5.74) is 9.13. The summed E-state index contributed by atoms with van der Waals surface area (Å²) in [5.74, 6) is 7.39. The largest absolute Gasteiger partial charge is 0.383 e. The molecule has 2 amide bonds. The molecular formula is C24H25N7O2. The van der Waals surface area contributed by atoms with Crippen LogP contribution in [0.25, 0.3) is 22.2 Å². The summed E-state index contributed by atoms with van der Waals surface area (Å²) in [7, 11) is 0. The van der Waals surface area contributed by atoms with Crippen molar-refractivity contribution in [2.24, 2.45) is 0 Å². The van der Waals surface area contributed by atoms with Gasteiger partial charge in [-0.25, -0.2) is 14.8 Å². The fraction of sp³-hybridized carbons (Fsp3) is 0.250. The van der Waals surface area contributed by atoms with E-state index in [1.54, 1.807) is 13.0 Å². The minimum atomic E-state index is -0.413. The topological polar surface area (TPSA) is 124 Å². The zero-order chi connectivity index (χ0) is 23.6. The molecule has 168 valence electrons. The first kappa shape index (κ1) is 21.9. The molecule has 3 heterocycles. The second-order valence-corrected chi connectivity index (χ2v) is 8.54. The van der Waals surface area contributed by atoms with Gasteiger partial charge in [-0.1, -0.05) is 44.0 Å². The van der Waals surface area contributed by atoms with Crippen molar-refractivity contribution in [1.82, 2.24) is 19.7 Å². The van der Waals surface area contributed by atoms with Crippen LogP contribution in [-0.2, 0) is 12.0 Å². The number of anilines is 3. The number of urea groups is 1. The Morgan fingerprint density at radius 3 is 2.61 bits per heavy atom. The van der Waals surface area contributed by atoms with Crippen molar-refractivity contribution >= 4 is 34.4 Å². The van der Waals surface area contributed by atoms with Crippen LogP contribution >= 0.6 is 0 Å². The minimum Gasteiger partial charge on any atom is -0.383 e. The van der Waals surface area contributed by atoms with Gasteiger partial charge in [0.1, 0.15) is 23.6 Å². The van der Waals surface area contributed by atoms with Crippen LogP contribution < -0.4 is 16.4 Å². The van der Waals surface area contributed by atoms with Crippen molar-refractivity contribution in [2.75, 3.05) is 16.4 Å². The first-order chi connectivity index (χ1) is 15.8. The maximum absolute atomic E-state index is 12.4. The molecule has 0 saturated heterocycles. The summed E-state index contributed by atoms with van der Waals surface area (Å²) in [6.45, 7) is 8.32. The van der Waals surface area contributed by atoms with Gasteiger partial charge in [-0.05, 0) is 24.6 Å². The number of benzene rings is 1. The lowest BCUT2D eigenvalue weighted by Gasteiger charge is -2.12. The first-order valence-corrected chi connectivity index (χ1v) is 10.4. The van der Waals surface area contributed by atoms with Gasteiger partial charge in [-0.2, -0.15) is 0 Å². The van der Waals surface area contributed by atoms with E-state index in [4.69, 9.17) is 10.3 Å². The van der Waals surface area contributed by atoms with Crippen LogP contribution in [0, 0.1) is 11.8 Å². The molecule has 0 atom stereocenters. The van der Waals surface area contributed by atoms with E-state index in [2.05, 4.69) is 37.6 Å². The lowest BCUT2D eigenvalue weighted by atomic mass is 9.93. The van der Waals surface area contributed by atoms with Crippen molar-refractivity contribution in [1.29, 1.82) is 0 Å². The second-order valence-electron chi connectivity index (χ2n) is 8.54. The van der Waals surface area contributed by atoms with Gasteiger partial charge < -0.3 is 20.1 Å². The molecule has 4 rings (SSSR count). The third-order valence-electron chi connectivity index (χ3n) is 5.05. The van der Waals surface area contributed by atoms with Crippen molar-refractivity contribution in [3.63, 3.8) is 0 Å². The number of aromatic nitrogens is 4. The maximum Gasteiger partial charge on any atom is 0.324 e. The van der Waals surface area contributed by atoms with E-state index in [-0.39, 0.29) is 5.41 Å². The van der Waals surface area contributed by atoms with Gasteiger partial charge in [0.15, 0.2) is 5.82 Å². The molecule has 0 fully saturated rings. The van der Waals surface area contributed by atoms with Crippen LogP contribution in [0.1, 0.15) is 33.5 Å². The average molecular weight is 444 g/mol. The summed E-state index contributed by atoms with van der Waals surface area (Å²) < 4.78 is 7.24.